The Hall–Kier alpha value is -2.86. The maximum Gasteiger partial charge on any atom is 0.261 e. The van der Waals surface area contributed by atoms with Crippen LogP contribution in [0.3, 0.4) is 0 Å². The molecule has 0 aromatic heterocycles. The van der Waals surface area contributed by atoms with E-state index in [1.807, 2.05) is 65.6 Å². The number of hydrogen-bond acceptors (Lipinski definition) is 4. The summed E-state index contributed by atoms with van der Waals surface area (Å²) < 4.78 is 5.76. The lowest BCUT2D eigenvalue weighted by atomic mass is 10.0. The summed E-state index contributed by atoms with van der Waals surface area (Å²) in [5, 5.41) is 3.05. The van der Waals surface area contributed by atoms with Crippen LogP contribution < -0.4 is 10.1 Å². The van der Waals surface area contributed by atoms with Crippen LogP contribution in [0.2, 0.25) is 0 Å². The summed E-state index contributed by atoms with van der Waals surface area (Å²) in [5.74, 6) is 0.542. The Morgan fingerprint density at radius 2 is 1.62 bits per heavy atom. The Bertz CT molecular complexity index is 829. The van der Waals surface area contributed by atoms with Gasteiger partial charge in [0.25, 0.3) is 5.91 Å². The van der Waals surface area contributed by atoms with Crippen LogP contribution in [0.1, 0.15) is 44.2 Å². The molecule has 2 amide bonds. The average Bonchev–Trinajstić information content (AvgIpc) is 2.85. The van der Waals surface area contributed by atoms with E-state index < -0.39 is 0 Å². The highest BCUT2D eigenvalue weighted by Crippen LogP contribution is 2.26. The van der Waals surface area contributed by atoms with Crippen molar-refractivity contribution >= 4 is 11.8 Å². The molecule has 1 N–H and O–H groups in total. The zero-order valence-electron chi connectivity index (χ0n) is 19.0. The number of ether oxygens (including phenoxy) is 1. The van der Waals surface area contributed by atoms with Crippen LogP contribution in [0, 0.1) is 0 Å². The summed E-state index contributed by atoms with van der Waals surface area (Å²) in [5.41, 5.74) is 0.973. The molecule has 0 bridgehead atoms. The fourth-order valence-corrected chi connectivity index (χ4v) is 4.11. The molecule has 6 nitrogen and oxygen atoms in total. The lowest BCUT2D eigenvalue weighted by Gasteiger charge is -2.32. The first-order valence-corrected chi connectivity index (χ1v) is 11.7. The van der Waals surface area contributed by atoms with Crippen molar-refractivity contribution in [2.75, 3.05) is 39.3 Å². The molecule has 1 saturated heterocycles. The van der Waals surface area contributed by atoms with Gasteiger partial charge in [-0.05, 0) is 56.6 Å². The Morgan fingerprint density at radius 1 is 0.969 bits per heavy atom. The van der Waals surface area contributed by atoms with E-state index in [0.717, 1.165) is 44.5 Å². The third kappa shape index (κ3) is 7.38. The number of carbonyl (C=O) groups excluding carboxylic acids is 2. The zero-order chi connectivity index (χ0) is 22.6. The first-order valence-electron chi connectivity index (χ1n) is 11.7. The normalized spacial score (nSPS) is 19.2. The van der Waals surface area contributed by atoms with Gasteiger partial charge in [0.2, 0.25) is 5.91 Å². The molecular formula is C26H35N3O3. The van der Waals surface area contributed by atoms with Crippen molar-refractivity contribution in [3.05, 3.63) is 66.2 Å². The molecule has 1 fully saturated rings. The van der Waals surface area contributed by atoms with Gasteiger partial charge in [0, 0.05) is 13.1 Å². The van der Waals surface area contributed by atoms with Crippen LogP contribution in [0.5, 0.6) is 5.75 Å². The number of nitrogens with one attached hydrogen (secondary N) is 1. The summed E-state index contributed by atoms with van der Waals surface area (Å²) in [6, 6.07) is 18.9. The molecule has 0 spiro atoms. The maximum atomic E-state index is 13.3. The molecule has 1 heterocycles. The molecule has 1 atom stereocenters. The number of amides is 2. The minimum absolute atomic E-state index is 0.0251. The molecule has 3 rings (SSSR count). The van der Waals surface area contributed by atoms with E-state index >= 15 is 0 Å². The molecule has 0 aliphatic carbocycles. The largest absolute Gasteiger partial charge is 0.484 e. The molecule has 32 heavy (non-hydrogen) atoms. The van der Waals surface area contributed by atoms with Crippen molar-refractivity contribution in [3.63, 3.8) is 0 Å². The second-order valence-electron chi connectivity index (χ2n) is 8.16. The Kier molecular flexibility index (Phi) is 9.57. The van der Waals surface area contributed by atoms with Gasteiger partial charge >= 0.3 is 0 Å². The SMILES string of the molecule is CCN1CCCCN(C(=O)COc2ccccc2)C(c2ccccc2)CC(=O)NCCC1. The summed E-state index contributed by atoms with van der Waals surface area (Å²) in [7, 11) is 0. The number of benzene rings is 2. The molecule has 2 aromatic rings. The first-order chi connectivity index (χ1) is 15.7. The van der Waals surface area contributed by atoms with Crippen LogP contribution >= 0.6 is 0 Å². The van der Waals surface area contributed by atoms with E-state index in [9.17, 15) is 9.59 Å². The highest BCUT2D eigenvalue weighted by atomic mass is 16.5. The van der Waals surface area contributed by atoms with E-state index in [2.05, 4.69) is 17.1 Å². The van der Waals surface area contributed by atoms with Crippen molar-refractivity contribution in [2.45, 2.75) is 38.6 Å². The van der Waals surface area contributed by atoms with E-state index in [-0.39, 0.29) is 30.9 Å². The van der Waals surface area contributed by atoms with Crippen LogP contribution in [-0.2, 0) is 9.59 Å². The first kappa shape index (κ1) is 23.8. The van der Waals surface area contributed by atoms with Gasteiger partial charge in [-0.15, -0.1) is 0 Å². The highest BCUT2D eigenvalue weighted by Gasteiger charge is 2.27. The third-order valence-electron chi connectivity index (χ3n) is 5.91. The fraction of sp³-hybridized carbons (Fsp3) is 0.462. The molecule has 0 saturated carbocycles. The Balaban J connectivity index is 1.79. The van der Waals surface area contributed by atoms with Crippen LogP contribution in [0.25, 0.3) is 0 Å². The van der Waals surface area contributed by atoms with Gasteiger partial charge in [-0.1, -0.05) is 55.5 Å². The van der Waals surface area contributed by atoms with Gasteiger partial charge < -0.3 is 19.9 Å². The smallest absolute Gasteiger partial charge is 0.261 e. The van der Waals surface area contributed by atoms with Crippen molar-refractivity contribution in [2.24, 2.45) is 0 Å². The highest BCUT2D eigenvalue weighted by molar-refractivity contribution is 5.81. The van der Waals surface area contributed by atoms with Gasteiger partial charge in [0.1, 0.15) is 5.75 Å². The summed E-state index contributed by atoms with van der Waals surface area (Å²) in [6.45, 7) is 6.35. The molecule has 1 aliphatic heterocycles. The lowest BCUT2D eigenvalue weighted by molar-refractivity contribution is -0.137. The predicted molar refractivity (Wildman–Crippen MR) is 126 cm³/mol. The van der Waals surface area contributed by atoms with Gasteiger partial charge in [-0.2, -0.15) is 0 Å². The van der Waals surface area contributed by atoms with Crippen LogP contribution in [0.4, 0.5) is 0 Å². The minimum Gasteiger partial charge on any atom is -0.484 e. The van der Waals surface area contributed by atoms with E-state index in [0.29, 0.717) is 18.8 Å². The molecule has 6 heteroatoms. The molecule has 2 aromatic carbocycles. The van der Waals surface area contributed by atoms with E-state index in [1.165, 1.54) is 0 Å². The lowest BCUT2D eigenvalue weighted by Crippen LogP contribution is -2.41. The minimum atomic E-state index is -0.314. The number of rotatable bonds is 5. The summed E-state index contributed by atoms with van der Waals surface area (Å²) in [4.78, 5) is 30.3. The fourth-order valence-electron chi connectivity index (χ4n) is 4.11. The third-order valence-corrected chi connectivity index (χ3v) is 5.91. The second kappa shape index (κ2) is 12.9. The van der Waals surface area contributed by atoms with E-state index in [1.54, 1.807) is 0 Å². The number of nitrogens with zero attached hydrogens (tertiary/aromatic N) is 2. The molecule has 0 radical (unpaired) electrons. The van der Waals surface area contributed by atoms with Gasteiger partial charge in [0.05, 0.1) is 12.5 Å². The average molecular weight is 438 g/mol. The standard InChI is InChI=1S/C26H35N3O3/c1-2-28-17-9-10-19-29(26(31)21-32-23-14-7-4-8-15-23)24(22-12-5-3-6-13-22)20-25(30)27-16-11-18-28/h3-8,12-15,24H,2,9-11,16-21H2,1H3,(H,27,30). The number of carbonyl (C=O) groups is 2. The molecule has 1 unspecified atom stereocenters. The molecule has 172 valence electrons. The van der Waals surface area contributed by atoms with Crippen molar-refractivity contribution in [1.29, 1.82) is 0 Å². The molecular weight excluding hydrogens is 402 g/mol. The number of hydrogen-bond donors (Lipinski definition) is 1. The van der Waals surface area contributed by atoms with Crippen LogP contribution in [0.15, 0.2) is 60.7 Å². The predicted octanol–water partition coefficient (Wildman–Crippen LogP) is 3.65. The maximum absolute atomic E-state index is 13.3. The monoisotopic (exact) mass is 437 g/mol. The Labute approximate surface area is 191 Å². The molecule has 1 aliphatic rings. The van der Waals surface area contributed by atoms with Crippen molar-refractivity contribution in [1.82, 2.24) is 15.1 Å². The van der Waals surface area contributed by atoms with Crippen molar-refractivity contribution < 1.29 is 14.3 Å². The van der Waals surface area contributed by atoms with Gasteiger partial charge in [0.15, 0.2) is 6.61 Å². The van der Waals surface area contributed by atoms with Crippen LogP contribution in [-0.4, -0.2) is 60.9 Å². The van der Waals surface area contributed by atoms with Gasteiger partial charge in [-0.25, -0.2) is 0 Å². The Morgan fingerprint density at radius 3 is 2.34 bits per heavy atom. The van der Waals surface area contributed by atoms with Crippen molar-refractivity contribution in [3.8, 4) is 5.75 Å². The number of para-hydroxylation sites is 1. The van der Waals surface area contributed by atoms with Gasteiger partial charge in [-0.3, -0.25) is 9.59 Å². The second-order valence-corrected chi connectivity index (χ2v) is 8.16. The quantitative estimate of drug-likeness (QED) is 0.776. The zero-order valence-corrected chi connectivity index (χ0v) is 19.0. The topological polar surface area (TPSA) is 61.9 Å². The van der Waals surface area contributed by atoms with E-state index in [4.69, 9.17) is 4.74 Å². The summed E-state index contributed by atoms with van der Waals surface area (Å²) in [6.07, 6.45) is 3.08. The summed E-state index contributed by atoms with van der Waals surface area (Å²) >= 11 is 0.